The fraction of sp³-hybridized carbons (Fsp3) is 0.0698. The average molecular weight is 592 g/mol. The minimum absolute atomic E-state index is 0.104. The summed E-state index contributed by atoms with van der Waals surface area (Å²) in [6, 6.07) is 49.8. The molecule has 0 unspecified atom stereocenters. The smallest absolute Gasteiger partial charge is 0.159 e. The molecule has 1 aliphatic carbocycles. The van der Waals surface area contributed by atoms with Crippen LogP contribution in [-0.4, -0.2) is 0 Å². The fourth-order valence-electron chi connectivity index (χ4n) is 7.80. The normalized spacial score (nSPS) is 13.6. The first kappa shape index (κ1) is 25.5. The Bertz CT molecular complexity index is 2670. The molecule has 7 aromatic carbocycles. The summed E-state index contributed by atoms with van der Waals surface area (Å²) < 4.78 is 13.4. The molecule has 0 N–H and O–H groups in total. The summed E-state index contributed by atoms with van der Waals surface area (Å²) in [6.45, 7) is 4.66. The molecule has 10 rings (SSSR count). The maximum Gasteiger partial charge on any atom is 0.159 e. The number of furan rings is 2. The second-order valence-electron chi connectivity index (χ2n) is 12.9. The van der Waals surface area contributed by atoms with Crippen LogP contribution < -0.4 is 4.90 Å². The van der Waals surface area contributed by atoms with Crippen molar-refractivity contribution >= 4 is 71.7 Å². The van der Waals surface area contributed by atoms with E-state index in [-0.39, 0.29) is 5.41 Å². The van der Waals surface area contributed by atoms with Crippen molar-refractivity contribution in [3.05, 3.63) is 151 Å². The molecule has 0 amide bonds. The van der Waals surface area contributed by atoms with Crippen molar-refractivity contribution < 1.29 is 8.83 Å². The van der Waals surface area contributed by atoms with Crippen LogP contribution in [0.25, 0.3) is 65.8 Å². The van der Waals surface area contributed by atoms with E-state index in [2.05, 4.69) is 158 Å². The van der Waals surface area contributed by atoms with Crippen LogP contribution in [0.3, 0.4) is 0 Å². The maximum atomic E-state index is 6.77. The Morgan fingerprint density at radius 3 is 2.09 bits per heavy atom. The molecule has 0 radical (unpaired) electrons. The van der Waals surface area contributed by atoms with E-state index in [0.29, 0.717) is 0 Å². The molecular formula is C43H29NO2. The molecule has 46 heavy (non-hydrogen) atoms. The molecule has 3 heteroatoms. The van der Waals surface area contributed by atoms with E-state index in [4.69, 9.17) is 8.83 Å². The second kappa shape index (κ2) is 9.12. The van der Waals surface area contributed by atoms with Gasteiger partial charge in [0.25, 0.3) is 0 Å². The molecule has 3 nitrogen and oxygen atoms in total. The number of hydrogen-bond donors (Lipinski definition) is 0. The molecule has 0 aliphatic heterocycles. The van der Waals surface area contributed by atoms with Gasteiger partial charge in [0.2, 0.25) is 0 Å². The summed E-state index contributed by atoms with van der Waals surface area (Å²) in [5, 5.41) is 6.64. The van der Waals surface area contributed by atoms with E-state index in [1.165, 1.54) is 33.0 Å². The van der Waals surface area contributed by atoms with Gasteiger partial charge in [0.1, 0.15) is 16.7 Å². The topological polar surface area (TPSA) is 29.5 Å². The molecule has 0 bridgehead atoms. The van der Waals surface area contributed by atoms with Crippen molar-refractivity contribution in [3.8, 4) is 11.1 Å². The molecule has 1 aliphatic rings. The molecule has 0 saturated heterocycles. The Hall–Kier alpha value is -5.80. The van der Waals surface area contributed by atoms with Crippen molar-refractivity contribution in [2.45, 2.75) is 19.3 Å². The van der Waals surface area contributed by atoms with Crippen molar-refractivity contribution in [2.75, 3.05) is 4.90 Å². The van der Waals surface area contributed by atoms with Crippen LogP contribution in [0.5, 0.6) is 0 Å². The summed E-state index contributed by atoms with van der Waals surface area (Å²) >= 11 is 0. The third-order valence-electron chi connectivity index (χ3n) is 10.0. The zero-order valence-electron chi connectivity index (χ0n) is 25.5. The minimum Gasteiger partial charge on any atom is -0.455 e. The van der Waals surface area contributed by atoms with Crippen LogP contribution in [-0.2, 0) is 5.41 Å². The highest BCUT2D eigenvalue weighted by atomic mass is 16.3. The van der Waals surface area contributed by atoms with Crippen LogP contribution in [0.2, 0.25) is 0 Å². The standard InChI is InChI=1S/C43H29NO2/c1-43(2)35-17-9-8-15-30(35)31-20-19-29(25-36(31)43)44(28-13-4-3-5-14-28)37-18-10-16-33-40-38(45-41(33)37)22-21-32-34-23-26-11-6-7-12-27(26)24-39(34)46-42(32)40/h3-25H,1-2H3. The van der Waals surface area contributed by atoms with Gasteiger partial charge in [0.15, 0.2) is 5.58 Å². The van der Waals surface area contributed by atoms with E-state index < -0.39 is 0 Å². The van der Waals surface area contributed by atoms with Gasteiger partial charge in [0.05, 0.1) is 11.1 Å². The second-order valence-corrected chi connectivity index (χ2v) is 12.9. The van der Waals surface area contributed by atoms with Gasteiger partial charge >= 0.3 is 0 Å². The molecule has 0 spiro atoms. The van der Waals surface area contributed by atoms with Crippen LogP contribution in [0.4, 0.5) is 17.1 Å². The van der Waals surface area contributed by atoms with E-state index >= 15 is 0 Å². The minimum atomic E-state index is -0.104. The number of benzene rings is 7. The lowest BCUT2D eigenvalue weighted by Crippen LogP contribution is -2.16. The molecular weight excluding hydrogens is 562 g/mol. The van der Waals surface area contributed by atoms with Gasteiger partial charge in [-0.2, -0.15) is 0 Å². The van der Waals surface area contributed by atoms with Crippen LogP contribution in [0.15, 0.2) is 148 Å². The lowest BCUT2D eigenvalue weighted by molar-refractivity contribution is 0.660. The predicted octanol–water partition coefficient (Wildman–Crippen LogP) is 12.4. The monoisotopic (exact) mass is 591 g/mol. The zero-order chi connectivity index (χ0) is 30.6. The zero-order valence-corrected chi connectivity index (χ0v) is 25.5. The average Bonchev–Trinajstić information content (AvgIpc) is 3.72. The molecule has 0 fully saturated rings. The van der Waals surface area contributed by atoms with Crippen molar-refractivity contribution in [3.63, 3.8) is 0 Å². The van der Waals surface area contributed by atoms with Gasteiger partial charge in [0, 0.05) is 32.9 Å². The SMILES string of the molecule is CC1(C)c2ccccc2-c2ccc(N(c3ccccc3)c3cccc4c3oc3ccc5c6cc7ccccc7cc6oc5c34)cc21. The number of para-hydroxylation sites is 2. The Labute approximate surface area is 265 Å². The molecule has 0 saturated carbocycles. The van der Waals surface area contributed by atoms with Crippen LogP contribution >= 0.6 is 0 Å². The number of fused-ring (bicyclic) bond motifs is 11. The first-order valence-corrected chi connectivity index (χ1v) is 15.9. The summed E-state index contributed by atoms with van der Waals surface area (Å²) in [6.07, 6.45) is 0. The molecule has 2 aromatic heterocycles. The predicted molar refractivity (Wildman–Crippen MR) is 191 cm³/mol. The molecule has 218 valence electrons. The molecule has 2 heterocycles. The van der Waals surface area contributed by atoms with Crippen molar-refractivity contribution in [1.29, 1.82) is 0 Å². The van der Waals surface area contributed by atoms with Gasteiger partial charge in [-0.25, -0.2) is 0 Å². The first-order chi connectivity index (χ1) is 22.6. The van der Waals surface area contributed by atoms with Gasteiger partial charge < -0.3 is 13.7 Å². The highest BCUT2D eigenvalue weighted by Gasteiger charge is 2.36. The summed E-state index contributed by atoms with van der Waals surface area (Å²) in [5.74, 6) is 0. The van der Waals surface area contributed by atoms with E-state index in [9.17, 15) is 0 Å². The quantitative estimate of drug-likeness (QED) is 0.205. The highest BCUT2D eigenvalue weighted by Crippen LogP contribution is 2.51. The Kier molecular flexibility index (Phi) is 5.06. The number of rotatable bonds is 3. The summed E-state index contributed by atoms with van der Waals surface area (Å²) in [5.41, 5.74) is 11.8. The summed E-state index contributed by atoms with van der Waals surface area (Å²) in [7, 11) is 0. The van der Waals surface area contributed by atoms with Crippen molar-refractivity contribution in [1.82, 2.24) is 0 Å². The highest BCUT2D eigenvalue weighted by molar-refractivity contribution is 6.24. The number of nitrogens with zero attached hydrogens (tertiary/aromatic N) is 1. The Morgan fingerprint density at radius 2 is 1.22 bits per heavy atom. The van der Waals surface area contributed by atoms with Gasteiger partial charge in [-0.3, -0.25) is 0 Å². The van der Waals surface area contributed by atoms with Crippen molar-refractivity contribution in [2.24, 2.45) is 0 Å². The van der Waals surface area contributed by atoms with Gasteiger partial charge in [-0.15, -0.1) is 0 Å². The number of hydrogen-bond acceptors (Lipinski definition) is 3. The van der Waals surface area contributed by atoms with Gasteiger partial charge in [-0.05, 0) is 87.6 Å². The van der Waals surface area contributed by atoms with Gasteiger partial charge in [-0.1, -0.05) is 98.8 Å². The Morgan fingerprint density at radius 1 is 0.478 bits per heavy atom. The van der Waals surface area contributed by atoms with Crippen LogP contribution in [0, 0.1) is 0 Å². The molecule has 9 aromatic rings. The molecule has 0 atom stereocenters. The lowest BCUT2D eigenvalue weighted by atomic mass is 9.82. The fourth-order valence-corrected chi connectivity index (χ4v) is 7.80. The maximum absolute atomic E-state index is 6.77. The first-order valence-electron chi connectivity index (χ1n) is 15.9. The number of anilines is 3. The summed E-state index contributed by atoms with van der Waals surface area (Å²) in [4.78, 5) is 2.33. The largest absolute Gasteiger partial charge is 0.455 e. The van der Waals surface area contributed by atoms with E-state index in [1.54, 1.807) is 0 Å². The third kappa shape index (κ3) is 3.43. The third-order valence-corrected chi connectivity index (χ3v) is 10.0. The van der Waals surface area contributed by atoms with E-state index in [0.717, 1.165) is 60.9 Å². The Balaban J connectivity index is 1.22. The van der Waals surface area contributed by atoms with Crippen LogP contribution in [0.1, 0.15) is 25.0 Å². The lowest BCUT2D eigenvalue weighted by Gasteiger charge is -2.28. The van der Waals surface area contributed by atoms with E-state index in [1.807, 2.05) is 0 Å².